The van der Waals surface area contributed by atoms with Gasteiger partial charge in [-0.2, -0.15) is 0 Å². The van der Waals surface area contributed by atoms with Gasteiger partial charge in [-0.3, -0.25) is 4.79 Å². The number of hydrogen-bond acceptors (Lipinski definition) is 2. The Bertz CT molecular complexity index is 561. The van der Waals surface area contributed by atoms with E-state index in [0.29, 0.717) is 11.3 Å². The summed E-state index contributed by atoms with van der Waals surface area (Å²) in [6.45, 7) is 2.15. The summed E-state index contributed by atoms with van der Waals surface area (Å²) in [6, 6.07) is 15.0. The Morgan fingerprint density at radius 2 is 1.79 bits per heavy atom. The fourth-order valence-corrected chi connectivity index (χ4v) is 1.95. The Morgan fingerprint density at radius 1 is 1.11 bits per heavy atom. The van der Waals surface area contributed by atoms with Gasteiger partial charge >= 0.3 is 0 Å². The first kappa shape index (κ1) is 13.1. The van der Waals surface area contributed by atoms with Crippen LogP contribution in [0.4, 0.5) is 11.4 Å². The van der Waals surface area contributed by atoms with E-state index >= 15 is 0 Å². The molecule has 0 unspecified atom stereocenters. The Hall–Kier alpha value is -2.29. The molecule has 0 aromatic heterocycles. The average Bonchev–Trinajstić information content (AvgIpc) is 2.42. The first-order valence-electron chi connectivity index (χ1n) is 6.45. The average molecular weight is 254 g/mol. The van der Waals surface area contributed by atoms with Crippen molar-refractivity contribution in [2.75, 3.05) is 11.1 Å². The van der Waals surface area contributed by atoms with E-state index in [1.807, 2.05) is 30.3 Å². The summed E-state index contributed by atoms with van der Waals surface area (Å²) in [5.74, 6) is -0.179. The molecule has 3 heteroatoms. The number of amides is 1. The van der Waals surface area contributed by atoms with E-state index in [4.69, 9.17) is 5.73 Å². The fourth-order valence-electron chi connectivity index (χ4n) is 1.95. The number of benzene rings is 2. The van der Waals surface area contributed by atoms with E-state index in [2.05, 4.69) is 12.2 Å². The quantitative estimate of drug-likeness (QED) is 0.821. The van der Waals surface area contributed by atoms with E-state index in [1.54, 1.807) is 18.2 Å². The Labute approximate surface area is 113 Å². The molecule has 0 atom stereocenters. The highest BCUT2D eigenvalue weighted by molar-refractivity contribution is 6.07. The van der Waals surface area contributed by atoms with Crippen molar-refractivity contribution >= 4 is 17.3 Å². The number of nitrogens with two attached hydrogens (primary N) is 1. The molecule has 2 aromatic rings. The van der Waals surface area contributed by atoms with Crippen LogP contribution in [0, 0.1) is 0 Å². The highest BCUT2D eigenvalue weighted by atomic mass is 16.1. The minimum atomic E-state index is -0.179. The molecular formula is C16H18N2O. The van der Waals surface area contributed by atoms with Gasteiger partial charge in [0.1, 0.15) is 0 Å². The summed E-state index contributed by atoms with van der Waals surface area (Å²) in [4.78, 5) is 12.1. The zero-order valence-electron chi connectivity index (χ0n) is 11.0. The monoisotopic (exact) mass is 254 g/mol. The van der Waals surface area contributed by atoms with Crippen LogP contribution >= 0.6 is 0 Å². The SMILES string of the molecule is CCCc1ccc(NC(=O)c2ccccc2N)cc1. The summed E-state index contributed by atoms with van der Waals surface area (Å²) in [5, 5.41) is 2.85. The van der Waals surface area contributed by atoms with Crippen LogP contribution in [0.1, 0.15) is 29.3 Å². The van der Waals surface area contributed by atoms with Crippen LogP contribution in [-0.4, -0.2) is 5.91 Å². The Kier molecular flexibility index (Phi) is 4.18. The molecule has 2 rings (SSSR count). The number of rotatable bonds is 4. The number of carbonyl (C=O) groups is 1. The maximum absolute atomic E-state index is 12.1. The lowest BCUT2D eigenvalue weighted by atomic mass is 10.1. The smallest absolute Gasteiger partial charge is 0.257 e. The first-order valence-corrected chi connectivity index (χ1v) is 6.45. The molecule has 0 saturated heterocycles. The molecule has 0 aliphatic heterocycles. The molecule has 0 spiro atoms. The molecule has 0 radical (unpaired) electrons. The molecule has 3 nitrogen and oxygen atoms in total. The van der Waals surface area contributed by atoms with Gasteiger partial charge in [0, 0.05) is 11.4 Å². The molecule has 0 aliphatic rings. The van der Waals surface area contributed by atoms with E-state index in [1.165, 1.54) is 5.56 Å². The molecule has 0 saturated carbocycles. The van der Waals surface area contributed by atoms with Crippen LogP contribution in [-0.2, 0) is 6.42 Å². The van der Waals surface area contributed by atoms with Crippen molar-refractivity contribution in [1.82, 2.24) is 0 Å². The van der Waals surface area contributed by atoms with Crippen LogP contribution < -0.4 is 11.1 Å². The Morgan fingerprint density at radius 3 is 2.42 bits per heavy atom. The van der Waals surface area contributed by atoms with Gasteiger partial charge in [0.05, 0.1) is 5.56 Å². The van der Waals surface area contributed by atoms with Crippen LogP contribution in [0.5, 0.6) is 0 Å². The molecule has 0 fully saturated rings. The van der Waals surface area contributed by atoms with E-state index in [0.717, 1.165) is 18.5 Å². The van der Waals surface area contributed by atoms with E-state index in [9.17, 15) is 4.79 Å². The van der Waals surface area contributed by atoms with Gasteiger partial charge in [0.2, 0.25) is 0 Å². The number of nitrogen functional groups attached to an aromatic ring is 1. The van der Waals surface area contributed by atoms with Crippen LogP contribution in [0.3, 0.4) is 0 Å². The van der Waals surface area contributed by atoms with Gasteiger partial charge in [0.15, 0.2) is 0 Å². The third-order valence-electron chi connectivity index (χ3n) is 2.96. The maximum atomic E-state index is 12.1. The van der Waals surface area contributed by atoms with Crippen molar-refractivity contribution in [2.45, 2.75) is 19.8 Å². The normalized spacial score (nSPS) is 10.2. The molecule has 2 aromatic carbocycles. The fraction of sp³-hybridized carbons (Fsp3) is 0.188. The lowest BCUT2D eigenvalue weighted by Crippen LogP contribution is -2.13. The largest absolute Gasteiger partial charge is 0.398 e. The van der Waals surface area contributed by atoms with Gasteiger partial charge in [-0.1, -0.05) is 37.6 Å². The number of nitrogens with one attached hydrogen (secondary N) is 1. The summed E-state index contributed by atoms with van der Waals surface area (Å²) in [7, 11) is 0. The van der Waals surface area contributed by atoms with Crippen molar-refractivity contribution in [3.63, 3.8) is 0 Å². The minimum Gasteiger partial charge on any atom is -0.398 e. The second-order valence-corrected chi connectivity index (χ2v) is 4.49. The van der Waals surface area contributed by atoms with Crippen molar-refractivity contribution in [1.29, 1.82) is 0 Å². The summed E-state index contributed by atoms with van der Waals surface area (Å²) in [5.41, 5.74) is 8.83. The topological polar surface area (TPSA) is 55.1 Å². The molecular weight excluding hydrogens is 236 g/mol. The first-order chi connectivity index (χ1) is 9.20. The number of anilines is 2. The predicted molar refractivity (Wildman–Crippen MR) is 79.2 cm³/mol. The standard InChI is InChI=1S/C16H18N2O/c1-2-5-12-8-10-13(11-9-12)18-16(19)14-6-3-4-7-15(14)17/h3-4,6-11H,2,5,17H2,1H3,(H,18,19). The summed E-state index contributed by atoms with van der Waals surface area (Å²) >= 11 is 0. The number of hydrogen-bond donors (Lipinski definition) is 2. The second-order valence-electron chi connectivity index (χ2n) is 4.49. The number of para-hydroxylation sites is 1. The predicted octanol–water partition coefficient (Wildman–Crippen LogP) is 3.47. The van der Waals surface area contributed by atoms with Crippen molar-refractivity contribution < 1.29 is 4.79 Å². The zero-order valence-corrected chi connectivity index (χ0v) is 11.0. The van der Waals surface area contributed by atoms with Gasteiger partial charge in [-0.15, -0.1) is 0 Å². The lowest BCUT2D eigenvalue weighted by molar-refractivity contribution is 0.102. The molecule has 0 aliphatic carbocycles. The van der Waals surface area contributed by atoms with Gasteiger partial charge in [0.25, 0.3) is 5.91 Å². The van der Waals surface area contributed by atoms with E-state index in [-0.39, 0.29) is 5.91 Å². The highest BCUT2D eigenvalue weighted by Gasteiger charge is 2.08. The van der Waals surface area contributed by atoms with Gasteiger partial charge in [-0.05, 0) is 36.2 Å². The molecule has 1 amide bonds. The zero-order chi connectivity index (χ0) is 13.7. The molecule has 98 valence electrons. The highest BCUT2D eigenvalue weighted by Crippen LogP contribution is 2.15. The van der Waals surface area contributed by atoms with Gasteiger partial charge < -0.3 is 11.1 Å². The molecule has 3 N–H and O–H groups in total. The molecule has 19 heavy (non-hydrogen) atoms. The molecule has 0 heterocycles. The summed E-state index contributed by atoms with van der Waals surface area (Å²) in [6.07, 6.45) is 2.17. The van der Waals surface area contributed by atoms with E-state index < -0.39 is 0 Å². The molecule has 0 bridgehead atoms. The van der Waals surface area contributed by atoms with Crippen molar-refractivity contribution in [2.24, 2.45) is 0 Å². The summed E-state index contributed by atoms with van der Waals surface area (Å²) < 4.78 is 0. The third kappa shape index (κ3) is 3.35. The number of carbonyl (C=O) groups excluding carboxylic acids is 1. The van der Waals surface area contributed by atoms with Crippen LogP contribution in [0.2, 0.25) is 0 Å². The van der Waals surface area contributed by atoms with Crippen molar-refractivity contribution in [3.8, 4) is 0 Å². The number of aryl methyl sites for hydroxylation is 1. The minimum absolute atomic E-state index is 0.179. The van der Waals surface area contributed by atoms with Crippen molar-refractivity contribution in [3.05, 3.63) is 59.7 Å². The Balaban J connectivity index is 2.09. The van der Waals surface area contributed by atoms with Gasteiger partial charge in [-0.25, -0.2) is 0 Å². The van der Waals surface area contributed by atoms with Crippen LogP contribution in [0.25, 0.3) is 0 Å². The van der Waals surface area contributed by atoms with Crippen LogP contribution in [0.15, 0.2) is 48.5 Å². The maximum Gasteiger partial charge on any atom is 0.257 e. The lowest BCUT2D eigenvalue weighted by Gasteiger charge is -2.08. The second kappa shape index (κ2) is 6.05. The third-order valence-corrected chi connectivity index (χ3v) is 2.96.